The third kappa shape index (κ3) is 6.22. The Labute approximate surface area is 140 Å². The fraction of sp³-hybridized carbons (Fsp3) is 0.765. The Morgan fingerprint density at radius 1 is 1.26 bits per heavy atom. The first-order chi connectivity index (χ1) is 11.0. The van der Waals surface area contributed by atoms with Gasteiger partial charge in [0.25, 0.3) is 0 Å². The number of aromatic nitrogens is 2. The van der Waals surface area contributed by atoms with Crippen molar-refractivity contribution in [2.45, 2.75) is 53.5 Å². The number of hydrogen-bond donors (Lipinski definition) is 3. The zero-order chi connectivity index (χ0) is 17.2. The van der Waals surface area contributed by atoms with Crippen LogP contribution in [-0.4, -0.2) is 40.5 Å². The van der Waals surface area contributed by atoms with E-state index in [1.54, 1.807) is 0 Å². The number of aliphatic hydroxyl groups excluding tert-OH is 1. The van der Waals surface area contributed by atoms with Crippen LogP contribution in [0.1, 0.15) is 50.1 Å². The summed E-state index contributed by atoms with van der Waals surface area (Å²) in [6.07, 6.45) is 3.09. The quantitative estimate of drug-likeness (QED) is 0.479. The molecule has 23 heavy (non-hydrogen) atoms. The first-order valence-electron chi connectivity index (χ1n) is 8.65. The maximum atomic E-state index is 9.16. The van der Waals surface area contributed by atoms with Gasteiger partial charge in [-0.2, -0.15) is 5.10 Å². The van der Waals surface area contributed by atoms with Crippen LogP contribution in [0.25, 0.3) is 0 Å². The molecule has 6 heteroatoms. The molecule has 0 fully saturated rings. The van der Waals surface area contributed by atoms with Crippen LogP contribution in [0.5, 0.6) is 0 Å². The van der Waals surface area contributed by atoms with Gasteiger partial charge >= 0.3 is 0 Å². The summed E-state index contributed by atoms with van der Waals surface area (Å²) < 4.78 is 1.90. The molecule has 0 saturated carbocycles. The second kappa shape index (κ2) is 10.3. The van der Waals surface area contributed by atoms with E-state index in [4.69, 9.17) is 5.11 Å². The van der Waals surface area contributed by atoms with Crippen LogP contribution in [0.4, 0.5) is 0 Å². The monoisotopic (exact) mass is 323 g/mol. The molecular weight excluding hydrogens is 290 g/mol. The van der Waals surface area contributed by atoms with E-state index >= 15 is 0 Å². The maximum Gasteiger partial charge on any atom is 0.191 e. The van der Waals surface area contributed by atoms with E-state index in [1.165, 1.54) is 5.56 Å². The van der Waals surface area contributed by atoms with E-state index in [9.17, 15) is 0 Å². The summed E-state index contributed by atoms with van der Waals surface area (Å²) in [7, 11) is 1.96. The molecule has 1 aromatic heterocycles. The lowest BCUT2D eigenvalue weighted by molar-refractivity contribution is 0.251. The van der Waals surface area contributed by atoms with Gasteiger partial charge in [0.05, 0.1) is 12.2 Å². The molecule has 0 radical (unpaired) electrons. The minimum Gasteiger partial charge on any atom is -0.396 e. The molecule has 1 unspecified atom stereocenters. The molecule has 3 N–H and O–H groups in total. The molecule has 0 amide bonds. The van der Waals surface area contributed by atoms with Crippen molar-refractivity contribution in [3.05, 3.63) is 17.0 Å². The zero-order valence-electron chi connectivity index (χ0n) is 15.3. The largest absolute Gasteiger partial charge is 0.396 e. The SMILES string of the molecule is CCCC(CCO)CNC(=NCc1c(C)nn(C)c1C)NCC. The molecule has 132 valence electrons. The molecule has 0 aliphatic rings. The molecule has 0 saturated heterocycles. The van der Waals surface area contributed by atoms with Gasteiger partial charge in [-0.3, -0.25) is 4.68 Å². The van der Waals surface area contributed by atoms with Gasteiger partial charge in [0.15, 0.2) is 5.96 Å². The molecule has 1 atom stereocenters. The van der Waals surface area contributed by atoms with Gasteiger partial charge in [-0.05, 0) is 39.5 Å². The van der Waals surface area contributed by atoms with Crippen molar-refractivity contribution in [3.8, 4) is 0 Å². The number of hydrogen-bond acceptors (Lipinski definition) is 3. The summed E-state index contributed by atoms with van der Waals surface area (Å²) in [5.41, 5.74) is 3.38. The van der Waals surface area contributed by atoms with Crippen LogP contribution in [0.15, 0.2) is 4.99 Å². The number of nitrogens with one attached hydrogen (secondary N) is 2. The number of guanidine groups is 1. The minimum absolute atomic E-state index is 0.244. The van der Waals surface area contributed by atoms with Crippen LogP contribution in [0.3, 0.4) is 0 Å². The minimum atomic E-state index is 0.244. The topological polar surface area (TPSA) is 74.5 Å². The molecular formula is C17H33N5O. The van der Waals surface area contributed by atoms with Crippen LogP contribution in [-0.2, 0) is 13.6 Å². The van der Waals surface area contributed by atoms with Gasteiger partial charge in [0.2, 0.25) is 0 Å². The number of nitrogens with zero attached hydrogens (tertiary/aromatic N) is 3. The van der Waals surface area contributed by atoms with Crippen molar-refractivity contribution in [2.75, 3.05) is 19.7 Å². The molecule has 1 rings (SSSR count). The molecule has 1 aromatic rings. The van der Waals surface area contributed by atoms with Crippen LogP contribution in [0, 0.1) is 19.8 Å². The molecule has 0 spiro atoms. The Kier molecular flexibility index (Phi) is 8.69. The van der Waals surface area contributed by atoms with Crippen LogP contribution < -0.4 is 10.6 Å². The molecule has 1 heterocycles. The molecule has 0 aliphatic carbocycles. The average Bonchev–Trinajstić information content (AvgIpc) is 2.75. The van der Waals surface area contributed by atoms with Gasteiger partial charge < -0.3 is 15.7 Å². The predicted molar refractivity (Wildman–Crippen MR) is 95.6 cm³/mol. The number of rotatable bonds is 9. The first-order valence-corrected chi connectivity index (χ1v) is 8.65. The van der Waals surface area contributed by atoms with Gasteiger partial charge in [-0.1, -0.05) is 13.3 Å². The van der Waals surface area contributed by atoms with Gasteiger partial charge in [-0.25, -0.2) is 4.99 Å². The van der Waals surface area contributed by atoms with Gasteiger partial charge in [-0.15, -0.1) is 0 Å². The normalized spacial score (nSPS) is 13.2. The number of aryl methyl sites for hydroxylation is 2. The van der Waals surface area contributed by atoms with E-state index in [0.29, 0.717) is 12.5 Å². The van der Waals surface area contributed by atoms with E-state index in [-0.39, 0.29) is 6.61 Å². The van der Waals surface area contributed by atoms with E-state index in [1.807, 2.05) is 18.7 Å². The number of aliphatic imine (C=N–C) groups is 1. The van der Waals surface area contributed by atoms with E-state index in [2.05, 4.69) is 41.5 Å². The first kappa shape index (κ1) is 19.5. The van der Waals surface area contributed by atoms with Gasteiger partial charge in [0.1, 0.15) is 0 Å². The lowest BCUT2D eigenvalue weighted by Gasteiger charge is -2.18. The highest BCUT2D eigenvalue weighted by Crippen LogP contribution is 2.13. The Morgan fingerprint density at radius 3 is 2.52 bits per heavy atom. The summed E-state index contributed by atoms with van der Waals surface area (Å²) in [5, 5.41) is 20.3. The van der Waals surface area contributed by atoms with Crippen molar-refractivity contribution >= 4 is 5.96 Å². The second-order valence-corrected chi connectivity index (χ2v) is 6.02. The standard InChI is InChI=1S/C17H33N5O/c1-6-8-15(9-10-23)11-19-17(18-7-2)20-12-16-13(3)21-22(5)14(16)4/h15,23H,6-12H2,1-5H3,(H2,18,19,20). The zero-order valence-corrected chi connectivity index (χ0v) is 15.3. The highest BCUT2D eigenvalue weighted by molar-refractivity contribution is 5.79. The van der Waals surface area contributed by atoms with Crippen molar-refractivity contribution < 1.29 is 5.11 Å². The van der Waals surface area contributed by atoms with Crippen molar-refractivity contribution in [1.82, 2.24) is 20.4 Å². The summed E-state index contributed by atoms with van der Waals surface area (Å²) in [5.74, 6) is 1.31. The Hall–Kier alpha value is -1.56. The third-order valence-electron chi connectivity index (χ3n) is 4.19. The highest BCUT2D eigenvalue weighted by atomic mass is 16.3. The van der Waals surface area contributed by atoms with Crippen LogP contribution in [0.2, 0.25) is 0 Å². The number of aliphatic hydroxyl groups is 1. The Bertz CT molecular complexity index is 489. The highest BCUT2D eigenvalue weighted by Gasteiger charge is 2.10. The van der Waals surface area contributed by atoms with Gasteiger partial charge in [0, 0.05) is 38.0 Å². The molecule has 0 aromatic carbocycles. The van der Waals surface area contributed by atoms with E-state index in [0.717, 1.165) is 49.7 Å². The summed E-state index contributed by atoms with van der Waals surface area (Å²) in [6.45, 7) is 10.9. The smallest absolute Gasteiger partial charge is 0.191 e. The lowest BCUT2D eigenvalue weighted by atomic mass is 10.0. The fourth-order valence-electron chi connectivity index (χ4n) is 2.73. The lowest BCUT2D eigenvalue weighted by Crippen LogP contribution is -2.40. The second-order valence-electron chi connectivity index (χ2n) is 6.02. The van der Waals surface area contributed by atoms with Crippen molar-refractivity contribution in [2.24, 2.45) is 18.0 Å². The maximum absolute atomic E-state index is 9.16. The Balaban J connectivity index is 2.69. The van der Waals surface area contributed by atoms with Crippen LogP contribution >= 0.6 is 0 Å². The Morgan fingerprint density at radius 2 is 2.00 bits per heavy atom. The summed E-state index contributed by atoms with van der Waals surface area (Å²) in [6, 6.07) is 0. The molecule has 0 aliphatic heterocycles. The van der Waals surface area contributed by atoms with Crippen molar-refractivity contribution in [1.29, 1.82) is 0 Å². The fourth-order valence-corrected chi connectivity index (χ4v) is 2.73. The average molecular weight is 323 g/mol. The third-order valence-corrected chi connectivity index (χ3v) is 4.19. The van der Waals surface area contributed by atoms with E-state index < -0.39 is 0 Å². The predicted octanol–water partition coefficient (Wildman–Crippen LogP) is 1.89. The molecule has 6 nitrogen and oxygen atoms in total. The molecule has 0 bridgehead atoms. The summed E-state index contributed by atoms with van der Waals surface area (Å²) >= 11 is 0. The summed E-state index contributed by atoms with van der Waals surface area (Å²) in [4.78, 5) is 4.69. The van der Waals surface area contributed by atoms with Crippen molar-refractivity contribution in [3.63, 3.8) is 0 Å².